The molecule has 0 spiro atoms. The first-order valence-corrected chi connectivity index (χ1v) is 9.27. The van der Waals surface area contributed by atoms with E-state index in [1.54, 1.807) is 31.4 Å². The normalized spacial score (nSPS) is 11.1. The number of rotatable bonds is 7. The Balaban J connectivity index is 1.69. The summed E-state index contributed by atoms with van der Waals surface area (Å²) >= 11 is 1.22. The second kappa shape index (κ2) is 8.64. The van der Waals surface area contributed by atoms with E-state index in [0.717, 1.165) is 12.0 Å². The van der Waals surface area contributed by atoms with Gasteiger partial charge in [0.05, 0.1) is 18.4 Å². The molecule has 0 fully saturated rings. The van der Waals surface area contributed by atoms with Crippen molar-refractivity contribution < 1.29 is 18.7 Å². The van der Waals surface area contributed by atoms with E-state index in [1.807, 2.05) is 19.1 Å². The lowest BCUT2D eigenvalue weighted by Gasteiger charge is -2.10. The van der Waals surface area contributed by atoms with E-state index in [9.17, 15) is 9.18 Å². The number of benzene rings is 2. The number of ether oxygens (including phenoxy) is 2. The molecule has 3 rings (SSSR count). The zero-order valence-corrected chi connectivity index (χ0v) is 15.8. The molecule has 1 amide bonds. The van der Waals surface area contributed by atoms with Crippen LogP contribution in [0.3, 0.4) is 0 Å². The van der Waals surface area contributed by atoms with E-state index in [4.69, 9.17) is 9.47 Å². The van der Waals surface area contributed by atoms with Gasteiger partial charge in [0.15, 0.2) is 16.6 Å². The van der Waals surface area contributed by atoms with Gasteiger partial charge in [0, 0.05) is 6.08 Å². The first-order chi connectivity index (χ1) is 13.1. The van der Waals surface area contributed by atoms with E-state index in [-0.39, 0.29) is 11.4 Å². The quantitative estimate of drug-likeness (QED) is 0.588. The fourth-order valence-corrected chi connectivity index (χ4v) is 3.29. The zero-order valence-electron chi connectivity index (χ0n) is 15.0. The summed E-state index contributed by atoms with van der Waals surface area (Å²) in [5, 5.41) is 3.01. The van der Waals surface area contributed by atoms with Gasteiger partial charge in [0.25, 0.3) is 0 Å². The van der Waals surface area contributed by atoms with Crippen LogP contribution in [-0.2, 0) is 4.79 Å². The average molecular weight is 386 g/mol. The van der Waals surface area contributed by atoms with Gasteiger partial charge in [-0.25, -0.2) is 9.37 Å². The highest BCUT2D eigenvalue weighted by Gasteiger charge is 2.09. The maximum Gasteiger partial charge on any atom is 0.250 e. The Morgan fingerprint density at radius 3 is 2.89 bits per heavy atom. The van der Waals surface area contributed by atoms with Crippen LogP contribution in [0, 0.1) is 5.82 Å². The van der Waals surface area contributed by atoms with Gasteiger partial charge in [-0.05, 0) is 42.3 Å². The first kappa shape index (κ1) is 18.8. The molecule has 0 aliphatic carbocycles. The topological polar surface area (TPSA) is 60.5 Å². The first-order valence-electron chi connectivity index (χ1n) is 8.45. The molecule has 0 bridgehead atoms. The van der Waals surface area contributed by atoms with Crippen molar-refractivity contribution in [3.05, 3.63) is 53.9 Å². The van der Waals surface area contributed by atoms with Crippen LogP contribution in [-0.4, -0.2) is 24.6 Å². The second-order valence-corrected chi connectivity index (χ2v) is 6.72. The Hall–Kier alpha value is -2.93. The van der Waals surface area contributed by atoms with Crippen LogP contribution in [0.25, 0.3) is 16.3 Å². The van der Waals surface area contributed by atoms with Crippen molar-refractivity contribution >= 4 is 38.7 Å². The molecule has 0 saturated heterocycles. The van der Waals surface area contributed by atoms with E-state index in [1.165, 1.54) is 23.5 Å². The monoisotopic (exact) mass is 386 g/mol. The number of nitrogens with zero attached hydrogens (tertiary/aromatic N) is 1. The molecule has 0 aliphatic rings. The minimum absolute atomic E-state index is 0.259. The van der Waals surface area contributed by atoms with Crippen LogP contribution in [0.1, 0.15) is 18.9 Å². The van der Waals surface area contributed by atoms with Gasteiger partial charge in [0.1, 0.15) is 11.3 Å². The molecule has 0 saturated carbocycles. The van der Waals surface area contributed by atoms with Gasteiger partial charge >= 0.3 is 0 Å². The molecule has 140 valence electrons. The maximum absolute atomic E-state index is 13.7. The summed E-state index contributed by atoms with van der Waals surface area (Å²) in [5.74, 6) is 0.516. The van der Waals surface area contributed by atoms with Crippen molar-refractivity contribution in [3.63, 3.8) is 0 Å². The number of hydrogen-bond donors (Lipinski definition) is 1. The molecule has 0 radical (unpaired) electrons. The lowest BCUT2D eigenvalue weighted by atomic mass is 10.2. The fourth-order valence-electron chi connectivity index (χ4n) is 2.41. The van der Waals surface area contributed by atoms with Crippen molar-refractivity contribution in [2.45, 2.75) is 13.3 Å². The minimum atomic E-state index is -0.405. The predicted octanol–water partition coefficient (Wildman–Crippen LogP) is 4.88. The van der Waals surface area contributed by atoms with Crippen molar-refractivity contribution in [2.24, 2.45) is 0 Å². The Morgan fingerprint density at radius 1 is 1.30 bits per heavy atom. The molecular weight excluding hydrogens is 367 g/mol. The number of nitrogens with one attached hydrogen (secondary N) is 1. The Kier molecular flexibility index (Phi) is 6.03. The number of aromatic nitrogens is 1. The van der Waals surface area contributed by atoms with Crippen molar-refractivity contribution in [1.29, 1.82) is 0 Å². The summed E-state index contributed by atoms with van der Waals surface area (Å²) in [7, 11) is 1.57. The number of anilines is 1. The summed E-state index contributed by atoms with van der Waals surface area (Å²) < 4.78 is 25.3. The third-order valence-corrected chi connectivity index (χ3v) is 4.61. The molecule has 1 N–H and O–H groups in total. The van der Waals surface area contributed by atoms with E-state index < -0.39 is 5.82 Å². The molecule has 2 aromatic carbocycles. The van der Waals surface area contributed by atoms with Gasteiger partial charge < -0.3 is 9.47 Å². The van der Waals surface area contributed by atoms with Crippen molar-refractivity contribution in [1.82, 2.24) is 4.98 Å². The molecule has 1 heterocycles. The number of thiazole rings is 1. The zero-order chi connectivity index (χ0) is 19.2. The van der Waals surface area contributed by atoms with Crippen LogP contribution in [0.2, 0.25) is 0 Å². The van der Waals surface area contributed by atoms with Gasteiger partial charge in [-0.3, -0.25) is 10.1 Å². The van der Waals surface area contributed by atoms with Crippen LogP contribution in [0.4, 0.5) is 9.52 Å². The fraction of sp³-hybridized carbons (Fsp3) is 0.200. The minimum Gasteiger partial charge on any atom is -0.493 e. The van der Waals surface area contributed by atoms with Crippen LogP contribution in [0.5, 0.6) is 11.5 Å². The van der Waals surface area contributed by atoms with E-state index in [2.05, 4.69) is 10.3 Å². The molecule has 3 aromatic rings. The van der Waals surface area contributed by atoms with Gasteiger partial charge in [-0.15, -0.1) is 0 Å². The molecule has 0 unspecified atom stereocenters. The lowest BCUT2D eigenvalue weighted by Crippen LogP contribution is -2.07. The largest absolute Gasteiger partial charge is 0.493 e. The van der Waals surface area contributed by atoms with Crippen LogP contribution in [0.15, 0.2) is 42.5 Å². The standard InChI is InChI=1S/C20H19FN2O3S/c1-3-11-26-15-9-7-13(12-16(15)25-2)8-10-18(24)22-20-23-19-14(21)5-4-6-17(19)27-20/h4-10,12H,3,11H2,1-2H3,(H,22,23,24)/b10-8+. The smallest absolute Gasteiger partial charge is 0.250 e. The molecule has 0 atom stereocenters. The second-order valence-electron chi connectivity index (χ2n) is 5.69. The highest BCUT2D eigenvalue weighted by Crippen LogP contribution is 2.29. The number of hydrogen-bond acceptors (Lipinski definition) is 5. The SMILES string of the molecule is CCCOc1ccc(/C=C/C(=O)Nc2nc3c(F)cccc3s2)cc1OC. The molecule has 27 heavy (non-hydrogen) atoms. The third-order valence-electron chi connectivity index (χ3n) is 3.68. The number of fused-ring (bicyclic) bond motifs is 1. The number of carbonyl (C=O) groups excluding carboxylic acids is 1. The number of methoxy groups -OCH3 is 1. The summed E-state index contributed by atoms with van der Waals surface area (Å²) in [4.78, 5) is 16.2. The van der Waals surface area contributed by atoms with E-state index >= 15 is 0 Å². The number of carbonyl (C=O) groups is 1. The predicted molar refractivity (Wildman–Crippen MR) is 106 cm³/mol. The molecule has 1 aromatic heterocycles. The van der Waals surface area contributed by atoms with Crippen LogP contribution < -0.4 is 14.8 Å². The molecule has 0 aliphatic heterocycles. The Labute approximate surface area is 160 Å². The van der Waals surface area contributed by atoms with Crippen LogP contribution >= 0.6 is 11.3 Å². The van der Waals surface area contributed by atoms with Crippen molar-refractivity contribution in [3.8, 4) is 11.5 Å². The number of para-hydroxylation sites is 1. The summed E-state index contributed by atoms with van der Waals surface area (Å²) in [6, 6.07) is 10.2. The summed E-state index contributed by atoms with van der Waals surface area (Å²) in [6.07, 6.45) is 3.96. The third kappa shape index (κ3) is 4.62. The highest BCUT2D eigenvalue weighted by molar-refractivity contribution is 7.22. The maximum atomic E-state index is 13.7. The molecule has 7 heteroatoms. The average Bonchev–Trinajstić information content (AvgIpc) is 3.08. The highest BCUT2D eigenvalue weighted by atomic mass is 32.1. The molecule has 5 nitrogen and oxygen atoms in total. The Bertz CT molecular complexity index is 985. The number of halogens is 1. The lowest BCUT2D eigenvalue weighted by molar-refractivity contribution is -0.111. The summed E-state index contributed by atoms with van der Waals surface area (Å²) in [5.41, 5.74) is 1.05. The van der Waals surface area contributed by atoms with E-state index in [0.29, 0.717) is 27.9 Å². The van der Waals surface area contributed by atoms with Gasteiger partial charge in [-0.1, -0.05) is 30.4 Å². The van der Waals surface area contributed by atoms with Gasteiger partial charge in [0.2, 0.25) is 5.91 Å². The number of amides is 1. The summed E-state index contributed by atoms with van der Waals surface area (Å²) in [6.45, 7) is 2.64. The Morgan fingerprint density at radius 2 is 2.15 bits per heavy atom. The van der Waals surface area contributed by atoms with Gasteiger partial charge in [-0.2, -0.15) is 0 Å². The van der Waals surface area contributed by atoms with Crippen molar-refractivity contribution in [2.75, 3.05) is 19.0 Å². The molecular formula is C20H19FN2O3S.